The molecule has 0 amide bonds. The van der Waals surface area contributed by atoms with Gasteiger partial charge < -0.3 is 0 Å². The van der Waals surface area contributed by atoms with Crippen LogP contribution in [0.15, 0.2) is 40.2 Å². The van der Waals surface area contributed by atoms with Crippen molar-refractivity contribution in [3.05, 3.63) is 45.7 Å². The Labute approximate surface area is 101 Å². The van der Waals surface area contributed by atoms with Crippen LogP contribution in [0.3, 0.4) is 0 Å². The first-order valence-electron chi connectivity index (χ1n) is 4.82. The Hall–Kier alpha value is -0.860. The molecule has 0 N–H and O–H groups in total. The van der Waals surface area contributed by atoms with Gasteiger partial charge in [-0.2, -0.15) is 0 Å². The predicted octanol–water partition coefficient (Wildman–Crippen LogP) is 5.13. The number of hydrogen-bond donors (Lipinski definition) is 0. The summed E-state index contributed by atoms with van der Waals surface area (Å²) in [4.78, 5) is 0. The van der Waals surface area contributed by atoms with Gasteiger partial charge in [-0.15, -0.1) is 11.3 Å². The molecule has 0 atom stereocenters. The van der Waals surface area contributed by atoms with Crippen LogP contribution in [0.1, 0.15) is 5.56 Å². The minimum absolute atomic E-state index is 1.19. The molecule has 0 aliphatic rings. The number of aryl methyl sites for hydroxylation is 1. The highest BCUT2D eigenvalue weighted by molar-refractivity contribution is 9.10. The van der Waals surface area contributed by atoms with E-state index in [1.54, 1.807) is 0 Å². The number of rotatable bonds is 0. The summed E-state index contributed by atoms with van der Waals surface area (Å²) in [7, 11) is 0. The van der Waals surface area contributed by atoms with Crippen LogP contribution in [0, 0.1) is 6.92 Å². The molecule has 0 aliphatic carbocycles. The number of thiophene rings is 1. The lowest BCUT2D eigenvalue weighted by Gasteiger charge is -2.02. The van der Waals surface area contributed by atoms with E-state index in [0.29, 0.717) is 0 Å². The highest BCUT2D eigenvalue weighted by Crippen LogP contribution is 2.36. The quantitative estimate of drug-likeness (QED) is 0.534. The van der Waals surface area contributed by atoms with Crippen LogP contribution in [-0.4, -0.2) is 0 Å². The number of halogens is 1. The molecule has 0 aliphatic heterocycles. The minimum atomic E-state index is 1.19. The van der Waals surface area contributed by atoms with Crippen molar-refractivity contribution in [1.29, 1.82) is 0 Å². The fourth-order valence-electron chi connectivity index (χ4n) is 1.94. The molecule has 0 unspecified atom stereocenters. The molecule has 3 rings (SSSR count). The molecular formula is C13H9BrS. The van der Waals surface area contributed by atoms with Gasteiger partial charge in [0.1, 0.15) is 0 Å². The lowest BCUT2D eigenvalue weighted by molar-refractivity contribution is 1.60. The van der Waals surface area contributed by atoms with E-state index < -0.39 is 0 Å². The van der Waals surface area contributed by atoms with E-state index in [1.807, 2.05) is 11.3 Å². The average molecular weight is 277 g/mol. The zero-order chi connectivity index (χ0) is 10.4. The summed E-state index contributed by atoms with van der Waals surface area (Å²) in [6.07, 6.45) is 0. The number of hydrogen-bond acceptors (Lipinski definition) is 1. The Morgan fingerprint density at radius 3 is 2.60 bits per heavy atom. The van der Waals surface area contributed by atoms with Crippen molar-refractivity contribution in [2.45, 2.75) is 6.92 Å². The van der Waals surface area contributed by atoms with Gasteiger partial charge in [0, 0.05) is 14.6 Å². The molecule has 74 valence electrons. The number of fused-ring (bicyclic) bond motifs is 3. The molecule has 0 bridgehead atoms. The van der Waals surface area contributed by atoms with Crippen molar-refractivity contribution in [3.8, 4) is 0 Å². The zero-order valence-corrected chi connectivity index (χ0v) is 10.7. The monoisotopic (exact) mass is 276 g/mol. The summed E-state index contributed by atoms with van der Waals surface area (Å²) in [5.74, 6) is 0. The Morgan fingerprint density at radius 1 is 1.07 bits per heavy atom. The second kappa shape index (κ2) is 3.32. The SMILES string of the molecule is Cc1csc2c1cc(Br)c1ccccc12. The standard InChI is InChI=1S/C13H9BrS/c1-8-7-15-13-10-5-3-2-4-9(10)12(14)6-11(8)13/h2-7H,1H3. The van der Waals surface area contributed by atoms with E-state index in [0.717, 1.165) is 0 Å². The minimum Gasteiger partial charge on any atom is -0.143 e. The summed E-state index contributed by atoms with van der Waals surface area (Å²) in [6, 6.07) is 10.8. The highest BCUT2D eigenvalue weighted by Gasteiger charge is 2.07. The van der Waals surface area contributed by atoms with E-state index in [2.05, 4.69) is 58.6 Å². The topological polar surface area (TPSA) is 0 Å². The molecule has 1 heterocycles. The Bertz CT molecular complexity index is 652. The van der Waals surface area contributed by atoms with E-state index in [4.69, 9.17) is 0 Å². The Kier molecular flexibility index (Phi) is 2.08. The van der Waals surface area contributed by atoms with Gasteiger partial charge in [0.05, 0.1) is 0 Å². The Balaban J connectivity index is 2.65. The van der Waals surface area contributed by atoms with Gasteiger partial charge in [0.15, 0.2) is 0 Å². The summed E-state index contributed by atoms with van der Waals surface area (Å²) < 4.78 is 2.58. The Morgan fingerprint density at radius 2 is 1.80 bits per heavy atom. The first-order chi connectivity index (χ1) is 7.27. The van der Waals surface area contributed by atoms with Gasteiger partial charge in [-0.05, 0) is 34.7 Å². The van der Waals surface area contributed by atoms with Crippen LogP contribution < -0.4 is 0 Å². The summed E-state index contributed by atoms with van der Waals surface area (Å²) in [5.41, 5.74) is 1.36. The molecule has 0 saturated carbocycles. The molecule has 0 radical (unpaired) electrons. The van der Waals surface area contributed by atoms with Crippen molar-refractivity contribution in [2.24, 2.45) is 0 Å². The summed E-state index contributed by atoms with van der Waals surface area (Å²) in [5, 5.41) is 6.24. The third-order valence-electron chi connectivity index (χ3n) is 2.72. The fourth-order valence-corrected chi connectivity index (χ4v) is 3.58. The number of benzene rings is 2. The van der Waals surface area contributed by atoms with Crippen molar-refractivity contribution in [1.82, 2.24) is 0 Å². The predicted molar refractivity (Wildman–Crippen MR) is 71.8 cm³/mol. The first-order valence-corrected chi connectivity index (χ1v) is 6.49. The van der Waals surface area contributed by atoms with Gasteiger partial charge in [-0.25, -0.2) is 0 Å². The maximum atomic E-state index is 3.64. The maximum Gasteiger partial charge on any atom is 0.0424 e. The van der Waals surface area contributed by atoms with Crippen molar-refractivity contribution in [2.75, 3.05) is 0 Å². The summed E-state index contributed by atoms with van der Waals surface area (Å²) >= 11 is 5.47. The van der Waals surface area contributed by atoms with Gasteiger partial charge in [-0.1, -0.05) is 40.2 Å². The molecule has 2 heteroatoms. The van der Waals surface area contributed by atoms with E-state index >= 15 is 0 Å². The molecule has 15 heavy (non-hydrogen) atoms. The zero-order valence-electron chi connectivity index (χ0n) is 8.25. The smallest absolute Gasteiger partial charge is 0.0424 e. The lowest BCUT2D eigenvalue weighted by atomic mass is 10.1. The molecule has 2 aromatic carbocycles. The van der Waals surface area contributed by atoms with Crippen LogP contribution in [-0.2, 0) is 0 Å². The molecule has 0 nitrogen and oxygen atoms in total. The third kappa shape index (κ3) is 1.32. The molecular weight excluding hydrogens is 268 g/mol. The van der Waals surface area contributed by atoms with Crippen LogP contribution in [0.25, 0.3) is 20.9 Å². The van der Waals surface area contributed by atoms with Crippen molar-refractivity contribution < 1.29 is 0 Å². The van der Waals surface area contributed by atoms with Crippen molar-refractivity contribution >= 4 is 48.1 Å². The van der Waals surface area contributed by atoms with E-state index in [1.165, 1.54) is 30.9 Å². The second-order valence-electron chi connectivity index (χ2n) is 3.70. The van der Waals surface area contributed by atoms with Crippen LogP contribution in [0.2, 0.25) is 0 Å². The van der Waals surface area contributed by atoms with Gasteiger partial charge in [0.25, 0.3) is 0 Å². The lowest BCUT2D eigenvalue weighted by Crippen LogP contribution is -1.76. The maximum absolute atomic E-state index is 3.64. The molecule has 3 aromatic rings. The second-order valence-corrected chi connectivity index (χ2v) is 5.43. The fraction of sp³-hybridized carbons (Fsp3) is 0.0769. The van der Waals surface area contributed by atoms with E-state index in [-0.39, 0.29) is 0 Å². The van der Waals surface area contributed by atoms with Gasteiger partial charge in [0.2, 0.25) is 0 Å². The highest BCUT2D eigenvalue weighted by atomic mass is 79.9. The van der Waals surface area contributed by atoms with Crippen LogP contribution in [0.5, 0.6) is 0 Å². The first kappa shape index (κ1) is 9.37. The summed E-state index contributed by atoms with van der Waals surface area (Å²) in [6.45, 7) is 2.17. The van der Waals surface area contributed by atoms with Crippen molar-refractivity contribution in [3.63, 3.8) is 0 Å². The molecule has 1 aromatic heterocycles. The normalized spacial score (nSPS) is 11.3. The van der Waals surface area contributed by atoms with Gasteiger partial charge >= 0.3 is 0 Å². The average Bonchev–Trinajstić information content (AvgIpc) is 2.62. The molecule has 0 spiro atoms. The van der Waals surface area contributed by atoms with Gasteiger partial charge in [-0.3, -0.25) is 0 Å². The van der Waals surface area contributed by atoms with Crippen LogP contribution in [0.4, 0.5) is 0 Å². The van der Waals surface area contributed by atoms with E-state index in [9.17, 15) is 0 Å². The third-order valence-corrected chi connectivity index (χ3v) is 4.53. The van der Waals surface area contributed by atoms with Crippen LogP contribution >= 0.6 is 27.3 Å². The largest absolute Gasteiger partial charge is 0.143 e. The molecule has 0 fully saturated rings. The molecule has 0 saturated heterocycles.